The summed E-state index contributed by atoms with van der Waals surface area (Å²) in [5.41, 5.74) is 0. The van der Waals surface area contributed by atoms with Crippen LogP contribution in [0.15, 0.2) is 0 Å². The normalized spacial score (nSPS) is 25.2. The second-order valence-corrected chi connectivity index (χ2v) is 34.1. The van der Waals surface area contributed by atoms with E-state index >= 15 is 0 Å². The Labute approximate surface area is 479 Å². The summed E-state index contributed by atoms with van der Waals surface area (Å²) in [6.45, 7) is 4.96. The van der Waals surface area contributed by atoms with E-state index in [-0.39, 0.29) is 127 Å². The molecular weight excluding hydrogens is 1120 g/mol. The van der Waals surface area contributed by atoms with Crippen molar-refractivity contribution in [1.29, 1.82) is 0 Å². The smallest absolute Gasteiger partial charge is 0.810 e. The van der Waals surface area contributed by atoms with Crippen molar-refractivity contribution < 1.29 is 86.1 Å². The van der Waals surface area contributed by atoms with Crippen LogP contribution >= 0.6 is 45.6 Å². The molecule has 0 aromatic rings. The van der Waals surface area contributed by atoms with Crippen LogP contribution in [0.2, 0.25) is 0 Å². The van der Waals surface area contributed by atoms with Gasteiger partial charge < -0.3 is 86.1 Å². The Morgan fingerprint density at radius 1 is 0.260 bits per heavy atom. The maximum absolute atomic E-state index is 12.0. The Bertz CT molecular complexity index is 1730. The van der Waals surface area contributed by atoms with Gasteiger partial charge in [0.05, 0.1) is 0 Å². The van der Waals surface area contributed by atoms with Gasteiger partial charge in [-0.05, 0) is 130 Å². The molecule has 0 aromatic carbocycles. The molecule has 0 spiro atoms. The van der Waals surface area contributed by atoms with Crippen molar-refractivity contribution in [3.63, 3.8) is 0 Å². The summed E-state index contributed by atoms with van der Waals surface area (Å²) in [6, 6.07) is 0. The van der Waals surface area contributed by atoms with Crippen LogP contribution in [0.1, 0.15) is 233 Å². The van der Waals surface area contributed by atoms with Gasteiger partial charge >= 0.3 is 69.4 Å². The molecule has 0 bridgehead atoms. The monoisotopic (exact) mass is 1200 g/mol. The molecule has 3 unspecified atom stereocenters. The Hall–Kier alpha value is 3.03. The van der Waals surface area contributed by atoms with E-state index in [0.29, 0.717) is 116 Å². The molecule has 0 heterocycles. The van der Waals surface area contributed by atoms with Gasteiger partial charge in [0.2, 0.25) is 0 Å². The summed E-state index contributed by atoms with van der Waals surface area (Å²) in [5.74, 6) is -1.80. The number of rotatable bonds is 15. The molecule has 0 N–H and O–H groups in total. The van der Waals surface area contributed by atoms with Crippen molar-refractivity contribution in [2.24, 2.45) is 17.8 Å². The SMILES string of the molecule is CC(CC1(P(=O)([O-])[O-])CCCCC1)C1(P(=O)([O-])[O-])CCCCC1.CC(CC1(P(=O)([O-])[O-])CCCCC1)C1(P(=O)([O-])[O-])CCCCC1.CC(CC1(P(=O)([O-])[O-])CCCCC1)C1(P(=O)([O-])[O-])CCCCC1.[Al+3].[Al+3].[Al+3].[Al+3]. The molecule has 3 atom stereocenters. The van der Waals surface area contributed by atoms with Crippen molar-refractivity contribution in [2.75, 3.05) is 0 Å². The van der Waals surface area contributed by atoms with Crippen LogP contribution in [0.5, 0.6) is 0 Å². The Morgan fingerprint density at radius 2 is 0.397 bits per heavy atom. The largest absolute Gasteiger partial charge is 3.00 e. The zero-order valence-electron chi connectivity index (χ0n) is 43.4. The minimum atomic E-state index is -4.87. The van der Waals surface area contributed by atoms with Gasteiger partial charge in [-0.15, -0.1) is 0 Å². The molecule has 18 nitrogen and oxygen atoms in total. The fourth-order valence-electron chi connectivity index (χ4n) is 14.3. The third-order valence-corrected chi connectivity index (χ3v) is 30.0. The average molecular weight is 1200 g/mol. The summed E-state index contributed by atoms with van der Waals surface area (Å²) in [5, 5.41) is -8.26. The van der Waals surface area contributed by atoms with E-state index in [1.54, 1.807) is 20.8 Å². The molecule has 6 fully saturated rings. The van der Waals surface area contributed by atoms with Crippen LogP contribution in [0.4, 0.5) is 0 Å². The summed E-state index contributed by atoms with van der Waals surface area (Å²) < 4.78 is 71.8. The van der Waals surface area contributed by atoms with Crippen LogP contribution in [0.25, 0.3) is 0 Å². The third kappa shape index (κ3) is 17.8. The molecule has 6 aliphatic carbocycles. The van der Waals surface area contributed by atoms with E-state index in [9.17, 15) is 86.1 Å². The van der Waals surface area contributed by atoms with Crippen molar-refractivity contribution in [1.82, 2.24) is 0 Å². The topological polar surface area (TPSA) is 379 Å². The first kappa shape index (κ1) is 76.0. The molecule has 28 heteroatoms. The summed E-state index contributed by atoms with van der Waals surface area (Å²) in [7, 11) is -29.2. The van der Waals surface area contributed by atoms with Gasteiger partial charge in [-0.25, -0.2) is 0 Å². The molecule has 0 aliphatic heterocycles. The maximum Gasteiger partial charge on any atom is 3.00 e. The molecule has 0 saturated heterocycles. The first-order chi connectivity index (χ1) is 31.6. The van der Waals surface area contributed by atoms with Crippen molar-refractivity contribution in [3.8, 4) is 0 Å². The van der Waals surface area contributed by atoms with Gasteiger partial charge in [0, 0.05) is 15.5 Å². The standard InChI is InChI=1S/3C15H30O6P2.4Al/c3*1-13(15(23(19,20)21)10-6-3-7-11-15)12-14(22(16,17)18)8-4-2-5-9-14;;;;/h3*13H,2-12H2,1H3,(H2,16,17,18)(H2,19,20,21);;;;/q;;;4*+3/p-12. The summed E-state index contributed by atoms with van der Waals surface area (Å²) in [6.07, 6.45) is 16.8. The quantitative estimate of drug-likeness (QED) is 0.167. The zero-order chi connectivity index (χ0) is 52.1. The number of hydrogen-bond acceptors (Lipinski definition) is 18. The molecule has 408 valence electrons. The van der Waals surface area contributed by atoms with Gasteiger partial charge in [-0.1, -0.05) is 182 Å². The van der Waals surface area contributed by atoms with Gasteiger partial charge in [0.25, 0.3) is 0 Å². The molecule has 0 amide bonds. The van der Waals surface area contributed by atoms with Crippen LogP contribution < -0.4 is 58.7 Å². The molecule has 0 radical (unpaired) electrons. The summed E-state index contributed by atoms with van der Waals surface area (Å²) >= 11 is 0. The van der Waals surface area contributed by atoms with Crippen molar-refractivity contribution in [2.45, 2.75) is 264 Å². The average Bonchev–Trinajstić information content (AvgIpc) is 3.26. The fourth-order valence-corrected chi connectivity index (χ4v) is 22.9. The van der Waals surface area contributed by atoms with Gasteiger partial charge in [0.15, 0.2) is 0 Å². The molecule has 6 aliphatic rings. The van der Waals surface area contributed by atoms with Crippen LogP contribution in [-0.4, -0.2) is 100 Å². The maximum atomic E-state index is 12.0. The summed E-state index contributed by atoms with van der Waals surface area (Å²) in [4.78, 5) is 144. The van der Waals surface area contributed by atoms with E-state index < -0.39 is 94.3 Å². The van der Waals surface area contributed by atoms with Crippen molar-refractivity contribution >= 4 is 115 Å². The minimum Gasteiger partial charge on any atom is -0.810 e. The molecule has 6 rings (SSSR count). The predicted octanol–water partition coefficient (Wildman–Crippen LogP) is 2.21. The first-order valence-electron chi connectivity index (χ1n) is 25.8. The fraction of sp³-hybridized carbons (Fsp3) is 1.00. The van der Waals surface area contributed by atoms with E-state index in [2.05, 4.69) is 0 Å². The molecule has 73 heavy (non-hydrogen) atoms. The van der Waals surface area contributed by atoms with Crippen LogP contribution in [-0.2, 0) is 27.4 Å². The Kier molecular flexibility index (Phi) is 31.3. The molecule has 6 saturated carbocycles. The zero-order valence-corrected chi connectivity index (χ0v) is 53.4. The van der Waals surface area contributed by atoms with E-state index in [4.69, 9.17) is 0 Å². The predicted molar refractivity (Wildman–Crippen MR) is 265 cm³/mol. The van der Waals surface area contributed by atoms with Crippen LogP contribution in [0, 0.1) is 17.8 Å². The Morgan fingerprint density at radius 3 is 0.521 bits per heavy atom. The first-order valence-corrected chi connectivity index (χ1v) is 35.0. The number of hydrogen-bond donors (Lipinski definition) is 0. The van der Waals surface area contributed by atoms with Gasteiger partial charge in [0.1, 0.15) is 0 Å². The second kappa shape index (κ2) is 30.0. The van der Waals surface area contributed by atoms with E-state index in [1.165, 1.54) is 0 Å². The van der Waals surface area contributed by atoms with Gasteiger partial charge in [-0.2, -0.15) is 0 Å². The Balaban J connectivity index is 0.00000104. The van der Waals surface area contributed by atoms with E-state index in [1.807, 2.05) is 0 Å². The van der Waals surface area contributed by atoms with Gasteiger partial charge in [-0.3, -0.25) is 0 Å². The molecular formula is C45H78Al4O18P6. The molecule has 0 aromatic heterocycles. The second-order valence-electron chi connectivity index (χ2n) is 22.6. The third-order valence-electron chi connectivity index (χ3n) is 18.7. The van der Waals surface area contributed by atoms with Crippen LogP contribution in [0.3, 0.4) is 0 Å². The minimum absolute atomic E-state index is 0. The van der Waals surface area contributed by atoms with E-state index in [0.717, 1.165) is 38.5 Å². The van der Waals surface area contributed by atoms with Crippen molar-refractivity contribution in [3.05, 3.63) is 0 Å².